The third-order valence-electron chi connectivity index (χ3n) is 4.72. The minimum atomic E-state index is -0.425. The van der Waals surface area contributed by atoms with E-state index in [1.54, 1.807) is 11.4 Å². The predicted molar refractivity (Wildman–Crippen MR) is 109 cm³/mol. The molecule has 0 saturated heterocycles. The standard InChI is InChI=1S/C22H20FN5O/c1-13(2)19-18(15-7-5-4-6-8-15)21-26-25-20(14(3)28(21)27-19)22(29)24-17-11-9-16(23)10-12-17/h4-13H,1-3H3,(H,24,29). The first-order valence-corrected chi connectivity index (χ1v) is 9.34. The summed E-state index contributed by atoms with van der Waals surface area (Å²) in [5.74, 6) is -0.624. The largest absolute Gasteiger partial charge is 0.321 e. The lowest BCUT2D eigenvalue weighted by molar-refractivity contribution is 0.102. The summed E-state index contributed by atoms with van der Waals surface area (Å²) in [6.45, 7) is 5.92. The van der Waals surface area contributed by atoms with Gasteiger partial charge in [-0.05, 0) is 42.7 Å². The Balaban J connectivity index is 1.80. The molecule has 2 aromatic carbocycles. The zero-order valence-corrected chi connectivity index (χ0v) is 16.3. The number of hydrogen-bond acceptors (Lipinski definition) is 4. The average molecular weight is 389 g/mol. The fraction of sp³-hybridized carbons (Fsp3) is 0.182. The monoisotopic (exact) mass is 389 g/mol. The molecule has 2 heterocycles. The van der Waals surface area contributed by atoms with Crippen molar-refractivity contribution in [2.75, 3.05) is 5.32 Å². The highest BCUT2D eigenvalue weighted by atomic mass is 19.1. The summed E-state index contributed by atoms with van der Waals surface area (Å²) in [5.41, 5.74) is 4.65. The van der Waals surface area contributed by atoms with Gasteiger partial charge in [0.25, 0.3) is 5.91 Å². The Morgan fingerprint density at radius 3 is 2.38 bits per heavy atom. The minimum Gasteiger partial charge on any atom is -0.321 e. The summed E-state index contributed by atoms with van der Waals surface area (Å²) in [6, 6.07) is 15.5. The maximum Gasteiger partial charge on any atom is 0.278 e. The highest BCUT2D eigenvalue weighted by Crippen LogP contribution is 2.32. The summed E-state index contributed by atoms with van der Waals surface area (Å²) in [6.07, 6.45) is 0. The summed E-state index contributed by atoms with van der Waals surface area (Å²) in [4.78, 5) is 12.7. The molecule has 0 spiro atoms. The minimum absolute atomic E-state index is 0.166. The Morgan fingerprint density at radius 2 is 1.72 bits per heavy atom. The van der Waals surface area contributed by atoms with Crippen molar-refractivity contribution in [2.45, 2.75) is 26.7 Å². The van der Waals surface area contributed by atoms with E-state index in [4.69, 9.17) is 5.10 Å². The second-order valence-corrected chi connectivity index (χ2v) is 7.11. The molecular weight excluding hydrogens is 369 g/mol. The molecule has 1 N–H and O–H groups in total. The fourth-order valence-corrected chi connectivity index (χ4v) is 3.24. The number of nitrogens with one attached hydrogen (secondary N) is 1. The summed E-state index contributed by atoms with van der Waals surface area (Å²) in [5, 5.41) is 16.0. The second-order valence-electron chi connectivity index (χ2n) is 7.11. The normalized spacial score (nSPS) is 11.2. The molecule has 7 heteroatoms. The molecule has 146 valence electrons. The molecule has 4 rings (SSSR count). The number of anilines is 1. The molecule has 0 aliphatic heterocycles. The summed E-state index contributed by atoms with van der Waals surface area (Å²) in [7, 11) is 0. The van der Waals surface area contributed by atoms with Crippen molar-refractivity contribution in [3.63, 3.8) is 0 Å². The Bertz CT molecular complexity index is 1180. The summed E-state index contributed by atoms with van der Waals surface area (Å²) < 4.78 is 14.8. The number of carbonyl (C=O) groups is 1. The number of fused-ring (bicyclic) bond motifs is 1. The van der Waals surface area contributed by atoms with Gasteiger partial charge in [0.1, 0.15) is 5.82 Å². The van der Waals surface area contributed by atoms with Crippen LogP contribution in [0.15, 0.2) is 54.6 Å². The zero-order valence-electron chi connectivity index (χ0n) is 16.3. The quantitative estimate of drug-likeness (QED) is 0.553. The first-order valence-electron chi connectivity index (χ1n) is 9.34. The fourth-order valence-electron chi connectivity index (χ4n) is 3.24. The van der Waals surface area contributed by atoms with Crippen LogP contribution in [0.3, 0.4) is 0 Å². The molecule has 0 atom stereocenters. The van der Waals surface area contributed by atoms with Crippen LogP contribution >= 0.6 is 0 Å². The average Bonchev–Trinajstić information content (AvgIpc) is 3.11. The molecule has 2 aromatic heterocycles. The number of carbonyl (C=O) groups excluding carboxylic acids is 1. The molecule has 4 aromatic rings. The van der Waals surface area contributed by atoms with Crippen molar-refractivity contribution < 1.29 is 9.18 Å². The van der Waals surface area contributed by atoms with Crippen LogP contribution in [0.1, 0.15) is 41.6 Å². The molecule has 0 bridgehead atoms. The topological polar surface area (TPSA) is 72.2 Å². The zero-order chi connectivity index (χ0) is 20.5. The van der Waals surface area contributed by atoms with Gasteiger partial charge in [0, 0.05) is 5.69 Å². The van der Waals surface area contributed by atoms with E-state index in [2.05, 4.69) is 29.4 Å². The maximum absolute atomic E-state index is 13.1. The van der Waals surface area contributed by atoms with Crippen LogP contribution in [-0.4, -0.2) is 25.7 Å². The van der Waals surface area contributed by atoms with Crippen molar-refractivity contribution in [1.82, 2.24) is 19.8 Å². The van der Waals surface area contributed by atoms with E-state index in [0.29, 0.717) is 17.0 Å². The third-order valence-corrected chi connectivity index (χ3v) is 4.72. The molecular formula is C22H20FN5O. The van der Waals surface area contributed by atoms with Crippen molar-refractivity contribution in [3.05, 3.63) is 77.5 Å². The number of halogens is 1. The smallest absolute Gasteiger partial charge is 0.278 e. The molecule has 0 aliphatic carbocycles. The van der Waals surface area contributed by atoms with Gasteiger partial charge in [-0.1, -0.05) is 44.2 Å². The van der Waals surface area contributed by atoms with Gasteiger partial charge in [-0.25, -0.2) is 8.91 Å². The van der Waals surface area contributed by atoms with Crippen molar-refractivity contribution in [3.8, 4) is 11.1 Å². The molecule has 6 nitrogen and oxygen atoms in total. The Kier molecular flexibility index (Phi) is 4.80. The van der Waals surface area contributed by atoms with Gasteiger partial charge in [-0.2, -0.15) is 5.10 Å². The Morgan fingerprint density at radius 1 is 1.03 bits per heavy atom. The molecule has 0 saturated carbocycles. The van der Waals surface area contributed by atoms with E-state index in [1.165, 1.54) is 24.3 Å². The lowest BCUT2D eigenvalue weighted by Crippen LogP contribution is -2.18. The van der Waals surface area contributed by atoms with E-state index >= 15 is 0 Å². The number of nitrogens with zero attached hydrogens (tertiary/aromatic N) is 4. The van der Waals surface area contributed by atoms with Crippen LogP contribution in [0.25, 0.3) is 16.8 Å². The van der Waals surface area contributed by atoms with Gasteiger partial charge in [0.2, 0.25) is 0 Å². The van der Waals surface area contributed by atoms with E-state index in [1.807, 2.05) is 30.3 Å². The van der Waals surface area contributed by atoms with Crippen LogP contribution < -0.4 is 5.32 Å². The van der Waals surface area contributed by atoms with Crippen LogP contribution in [0.4, 0.5) is 10.1 Å². The molecule has 0 fully saturated rings. The highest BCUT2D eigenvalue weighted by molar-refractivity contribution is 6.03. The van der Waals surface area contributed by atoms with Crippen LogP contribution in [0.2, 0.25) is 0 Å². The van der Waals surface area contributed by atoms with E-state index in [-0.39, 0.29) is 17.4 Å². The molecule has 0 radical (unpaired) electrons. The first kappa shape index (κ1) is 18.7. The van der Waals surface area contributed by atoms with Crippen molar-refractivity contribution in [2.24, 2.45) is 0 Å². The maximum atomic E-state index is 13.1. The molecule has 0 aliphatic rings. The van der Waals surface area contributed by atoms with E-state index in [9.17, 15) is 9.18 Å². The van der Waals surface area contributed by atoms with Crippen molar-refractivity contribution in [1.29, 1.82) is 0 Å². The molecule has 1 amide bonds. The van der Waals surface area contributed by atoms with Gasteiger partial charge in [0.15, 0.2) is 11.3 Å². The number of benzene rings is 2. The lowest BCUT2D eigenvalue weighted by Gasteiger charge is -2.08. The second kappa shape index (κ2) is 7.43. The SMILES string of the molecule is Cc1c(C(=O)Nc2ccc(F)cc2)nnc2c(-c3ccccc3)c(C(C)C)nn12. The van der Waals surface area contributed by atoms with Crippen LogP contribution in [0.5, 0.6) is 0 Å². The van der Waals surface area contributed by atoms with E-state index in [0.717, 1.165) is 16.8 Å². The number of aryl methyl sites for hydroxylation is 1. The third kappa shape index (κ3) is 3.47. The Hall–Kier alpha value is -3.61. The number of aromatic nitrogens is 4. The predicted octanol–water partition coefficient (Wildman–Crippen LogP) is 4.61. The Labute approximate surface area is 167 Å². The van der Waals surface area contributed by atoms with Gasteiger partial charge in [-0.15, -0.1) is 10.2 Å². The highest BCUT2D eigenvalue weighted by Gasteiger charge is 2.23. The van der Waals surface area contributed by atoms with Crippen LogP contribution in [0, 0.1) is 12.7 Å². The number of rotatable bonds is 4. The number of amides is 1. The van der Waals surface area contributed by atoms with Gasteiger partial charge in [-0.3, -0.25) is 4.79 Å². The number of hydrogen-bond donors (Lipinski definition) is 1. The summed E-state index contributed by atoms with van der Waals surface area (Å²) >= 11 is 0. The van der Waals surface area contributed by atoms with Crippen LogP contribution in [-0.2, 0) is 0 Å². The molecule has 29 heavy (non-hydrogen) atoms. The lowest BCUT2D eigenvalue weighted by atomic mass is 10.00. The van der Waals surface area contributed by atoms with Gasteiger partial charge >= 0.3 is 0 Å². The van der Waals surface area contributed by atoms with E-state index < -0.39 is 5.91 Å². The van der Waals surface area contributed by atoms with Crippen molar-refractivity contribution >= 4 is 17.2 Å². The molecule has 0 unspecified atom stereocenters. The van der Waals surface area contributed by atoms with Gasteiger partial charge in [0.05, 0.1) is 17.0 Å². The first-order chi connectivity index (χ1) is 14.0. The van der Waals surface area contributed by atoms with Gasteiger partial charge < -0.3 is 5.32 Å².